The average Bonchev–Trinajstić information content (AvgIpc) is 3.28. The van der Waals surface area contributed by atoms with Gasteiger partial charge in [0.1, 0.15) is 16.9 Å². The first-order chi connectivity index (χ1) is 17.4. The normalized spacial score (nSPS) is 18.1. The number of esters is 1. The van der Waals surface area contributed by atoms with Gasteiger partial charge in [-0.25, -0.2) is 9.59 Å². The molecule has 1 aliphatic rings. The first-order valence-electron chi connectivity index (χ1n) is 12.1. The second kappa shape index (κ2) is 12.1. The lowest BCUT2D eigenvalue weighted by atomic mass is 10.0. The Morgan fingerprint density at radius 3 is 2.43 bits per heavy atom. The standard InChI is InChI=1S/C27H33N3O6S/c1-17(24(32)33)37-20-12-8-11-19(15-20)29-26(35)28-16-23(31)30-21(18-9-6-5-7-10-18)13-14-22(30)25(34)36-27(2,3)4/h5-12,15,17,21-22H,13-14,16H2,1-4H3,(H,32,33)(H2,28,29,35). The lowest BCUT2D eigenvalue weighted by molar-refractivity contribution is -0.164. The maximum Gasteiger partial charge on any atom is 0.329 e. The van der Waals surface area contributed by atoms with Crippen LogP contribution in [0.15, 0.2) is 59.5 Å². The molecule has 198 valence electrons. The third-order valence-electron chi connectivity index (χ3n) is 5.69. The number of likely N-dealkylation sites (tertiary alicyclic amines) is 1. The average molecular weight is 528 g/mol. The van der Waals surface area contributed by atoms with E-state index in [0.717, 1.165) is 17.3 Å². The zero-order chi connectivity index (χ0) is 27.2. The monoisotopic (exact) mass is 527 g/mol. The summed E-state index contributed by atoms with van der Waals surface area (Å²) >= 11 is 1.16. The van der Waals surface area contributed by atoms with Crippen LogP contribution < -0.4 is 10.6 Å². The van der Waals surface area contributed by atoms with Crippen LogP contribution in [0.2, 0.25) is 0 Å². The molecule has 3 amide bonds. The van der Waals surface area contributed by atoms with Crippen LogP contribution in [0.3, 0.4) is 0 Å². The Hall–Kier alpha value is -3.53. The van der Waals surface area contributed by atoms with Gasteiger partial charge in [0.2, 0.25) is 5.91 Å². The highest BCUT2D eigenvalue weighted by Gasteiger charge is 2.43. The van der Waals surface area contributed by atoms with Crippen molar-refractivity contribution in [1.82, 2.24) is 10.2 Å². The molecule has 10 heteroatoms. The van der Waals surface area contributed by atoms with Crippen LogP contribution in [0, 0.1) is 0 Å². The summed E-state index contributed by atoms with van der Waals surface area (Å²) in [5.41, 5.74) is 0.683. The molecule has 3 unspecified atom stereocenters. The summed E-state index contributed by atoms with van der Waals surface area (Å²) in [6, 6.07) is 14.6. The third kappa shape index (κ3) is 7.98. The summed E-state index contributed by atoms with van der Waals surface area (Å²) in [4.78, 5) is 52.1. The molecule has 2 aromatic carbocycles. The number of hydrogen-bond acceptors (Lipinski definition) is 6. The van der Waals surface area contributed by atoms with Crippen molar-refractivity contribution < 1.29 is 29.0 Å². The molecular formula is C27H33N3O6S. The van der Waals surface area contributed by atoms with E-state index < -0.39 is 40.8 Å². The Morgan fingerprint density at radius 2 is 1.78 bits per heavy atom. The summed E-state index contributed by atoms with van der Waals surface area (Å²) < 4.78 is 5.57. The van der Waals surface area contributed by atoms with Crippen LogP contribution >= 0.6 is 11.8 Å². The summed E-state index contributed by atoms with van der Waals surface area (Å²) in [5, 5.41) is 13.7. The smallest absolute Gasteiger partial charge is 0.329 e. The van der Waals surface area contributed by atoms with E-state index in [0.29, 0.717) is 23.4 Å². The van der Waals surface area contributed by atoms with Gasteiger partial charge in [0.25, 0.3) is 0 Å². The van der Waals surface area contributed by atoms with Crippen molar-refractivity contribution in [3.63, 3.8) is 0 Å². The van der Waals surface area contributed by atoms with Gasteiger partial charge in [-0.15, -0.1) is 11.8 Å². The largest absolute Gasteiger partial charge is 0.480 e. The number of amides is 3. The topological polar surface area (TPSA) is 125 Å². The van der Waals surface area contributed by atoms with Crippen molar-refractivity contribution >= 4 is 41.3 Å². The number of urea groups is 1. The Kier molecular flexibility index (Phi) is 9.20. The number of nitrogens with one attached hydrogen (secondary N) is 2. The van der Waals surface area contributed by atoms with Gasteiger partial charge < -0.3 is 25.4 Å². The second-order valence-corrected chi connectivity index (χ2v) is 11.2. The number of anilines is 1. The number of rotatable bonds is 8. The highest BCUT2D eigenvalue weighted by molar-refractivity contribution is 8.00. The highest BCUT2D eigenvalue weighted by Crippen LogP contribution is 2.37. The lowest BCUT2D eigenvalue weighted by Gasteiger charge is -2.31. The van der Waals surface area contributed by atoms with Crippen molar-refractivity contribution in [2.75, 3.05) is 11.9 Å². The van der Waals surface area contributed by atoms with Crippen molar-refractivity contribution in [1.29, 1.82) is 0 Å². The maximum absolute atomic E-state index is 13.3. The number of ether oxygens (including phenoxy) is 1. The maximum atomic E-state index is 13.3. The number of aliphatic carboxylic acids is 1. The molecule has 3 rings (SSSR count). The van der Waals surface area contributed by atoms with Crippen molar-refractivity contribution in [2.45, 2.75) is 68.4 Å². The predicted molar refractivity (Wildman–Crippen MR) is 141 cm³/mol. The third-order valence-corrected chi connectivity index (χ3v) is 6.77. The Bertz CT molecular complexity index is 1130. The molecule has 0 saturated carbocycles. The zero-order valence-electron chi connectivity index (χ0n) is 21.4. The van der Waals surface area contributed by atoms with E-state index in [4.69, 9.17) is 9.84 Å². The van der Waals surface area contributed by atoms with Gasteiger partial charge in [-0.3, -0.25) is 9.59 Å². The van der Waals surface area contributed by atoms with Gasteiger partial charge in [-0.05, 0) is 64.3 Å². The molecule has 1 fully saturated rings. The molecule has 37 heavy (non-hydrogen) atoms. The van der Waals surface area contributed by atoms with E-state index in [1.54, 1.807) is 52.0 Å². The summed E-state index contributed by atoms with van der Waals surface area (Å²) in [6.07, 6.45) is 1.07. The highest BCUT2D eigenvalue weighted by atomic mass is 32.2. The van der Waals surface area contributed by atoms with Gasteiger partial charge in [-0.2, -0.15) is 0 Å². The van der Waals surface area contributed by atoms with Crippen molar-refractivity contribution in [3.05, 3.63) is 60.2 Å². The number of nitrogens with zero attached hydrogens (tertiary/aromatic N) is 1. The van der Waals surface area contributed by atoms with Crippen LogP contribution in [0.25, 0.3) is 0 Å². The van der Waals surface area contributed by atoms with E-state index in [-0.39, 0.29) is 12.6 Å². The molecule has 0 radical (unpaired) electrons. The minimum Gasteiger partial charge on any atom is -0.480 e. The zero-order valence-corrected chi connectivity index (χ0v) is 22.2. The van der Waals surface area contributed by atoms with E-state index in [9.17, 15) is 19.2 Å². The van der Waals surface area contributed by atoms with Crippen LogP contribution in [0.5, 0.6) is 0 Å². The molecule has 0 spiro atoms. The Labute approximate surface area is 220 Å². The first kappa shape index (κ1) is 28.0. The van der Waals surface area contributed by atoms with Crippen LogP contribution in [-0.4, -0.2) is 57.3 Å². The summed E-state index contributed by atoms with van der Waals surface area (Å²) in [7, 11) is 0. The lowest BCUT2D eigenvalue weighted by Crippen LogP contribution is -2.48. The van der Waals surface area contributed by atoms with Gasteiger partial charge in [0.15, 0.2) is 0 Å². The summed E-state index contributed by atoms with van der Waals surface area (Å²) in [6.45, 7) is 6.61. The number of benzene rings is 2. The number of hydrogen-bond donors (Lipinski definition) is 3. The molecule has 0 bridgehead atoms. The predicted octanol–water partition coefficient (Wildman–Crippen LogP) is 4.45. The van der Waals surface area contributed by atoms with Crippen LogP contribution in [0.1, 0.15) is 52.1 Å². The number of thioether (sulfide) groups is 1. The van der Waals surface area contributed by atoms with E-state index >= 15 is 0 Å². The van der Waals surface area contributed by atoms with Crippen molar-refractivity contribution in [3.8, 4) is 0 Å². The fourth-order valence-corrected chi connectivity index (χ4v) is 4.95. The van der Waals surface area contributed by atoms with Crippen LogP contribution in [-0.2, 0) is 19.1 Å². The molecule has 2 aromatic rings. The Morgan fingerprint density at radius 1 is 1.08 bits per heavy atom. The minimum atomic E-state index is -0.931. The molecule has 0 aromatic heterocycles. The quantitative estimate of drug-likeness (QED) is 0.342. The SMILES string of the molecule is CC(Sc1cccc(NC(=O)NCC(=O)N2C(C(=O)OC(C)(C)C)CCC2c2ccccc2)c1)C(=O)O. The fourth-order valence-electron chi connectivity index (χ4n) is 4.09. The van der Waals surface area contributed by atoms with Gasteiger partial charge in [0, 0.05) is 10.6 Å². The molecule has 1 heterocycles. The number of carboxylic acid groups (broad SMARTS) is 1. The van der Waals surface area contributed by atoms with E-state index in [1.165, 1.54) is 4.90 Å². The first-order valence-corrected chi connectivity index (χ1v) is 13.0. The molecule has 1 aliphatic heterocycles. The minimum absolute atomic E-state index is 0.305. The molecule has 0 aliphatic carbocycles. The van der Waals surface area contributed by atoms with Gasteiger partial charge in [-0.1, -0.05) is 36.4 Å². The molecular weight excluding hydrogens is 494 g/mol. The van der Waals surface area contributed by atoms with Crippen molar-refractivity contribution in [2.24, 2.45) is 0 Å². The fraction of sp³-hybridized carbons (Fsp3) is 0.407. The molecule has 1 saturated heterocycles. The molecule has 3 N–H and O–H groups in total. The van der Waals surface area contributed by atoms with Gasteiger partial charge in [0.05, 0.1) is 12.6 Å². The van der Waals surface area contributed by atoms with E-state index in [1.807, 2.05) is 30.3 Å². The Balaban J connectivity index is 1.67. The molecule has 3 atom stereocenters. The van der Waals surface area contributed by atoms with Crippen LogP contribution in [0.4, 0.5) is 10.5 Å². The molecule has 9 nitrogen and oxygen atoms in total. The number of carbonyl (C=O) groups excluding carboxylic acids is 3. The van der Waals surface area contributed by atoms with E-state index in [2.05, 4.69) is 10.6 Å². The number of carbonyl (C=O) groups is 4. The summed E-state index contributed by atoms with van der Waals surface area (Å²) in [5.74, 6) is -1.79. The second-order valence-electron chi connectivity index (χ2n) is 9.79. The number of carboxylic acids is 1. The van der Waals surface area contributed by atoms with Gasteiger partial charge >= 0.3 is 18.0 Å².